The number of nitrogens with two attached hydrogens (primary N) is 1. The second-order valence-electron chi connectivity index (χ2n) is 9.32. The molecule has 1 atom stereocenters. The van der Waals surface area contributed by atoms with Gasteiger partial charge in [-0.25, -0.2) is 13.2 Å². The first-order valence-corrected chi connectivity index (χ1v) is 12.8. The van der Waals surface area contributed by atoms with E-state index in [9.17, 15) is 35.9 Å². The number of ketones is 1. The maximum absolute atomic E-state index is 14.2. The predicted octanol–water partition coefficient (Wildman–Crippen LogP) is 6.54. The summed E-state index contributed by atoms with van der Waals surface area (Å²) in [6.45, 7) is 0.855. The van der Waals surface area contributed by atoms with Crippen LogP contribution < -0.4 is 5.73 Å². The molecule has 0 unspecified atom stereocenters. The SMILES string of the molecule is Cc1c(Br)c(C(F)(F)F)nn1CC(=O)C[C@@H](Cc1cc(F)cc(F)c1)c1ncccc1-c1ccc(F)c(C(N)=O)c1. The van der Waals surface area contributed by atoms with Crippen LogP contribution in [0.5, 0.6) is 0 Å². The van der Waals surface area contributed by atoms with Crippen molar-refractivity contribution in [3.63, 3.8) is 0 Å². The Bertz CT molecular complexity index is 1620. The summed E-state index contributed by atoms with van der Waals surface area (Å²) in [4.78, 5) is 29.4. The number of primary amides is 1. The van der Waals surface area contributed by atoms with E-state index in [1.165, 1.54) is 25.3 Å². The van der Waals surface area contributed by atoms with Crippen LogP contribution in [0.3, 0.4) is 0 Å². The van der Waals surface area contributed by atoms with Crippen molar-refractivity contribution in [2.75, 3.05) is 0 Å². The molecule has 0 spiro atoms. The summed E-state index contributed by atoms with van der Waals surface area (Å²) in [7, 11) is 0. The van der Waals surface area contributed by atoms with Crippen LogP contribution >= 0.6 is 15.9 Å². The molecule has 4 aromatic rings. The van der Waals surface area contributed by atoms with Crippen molar-refractivity contribution in [3.05, 3.63) is 105 Å². The van der Waals surface area contributed by atoms with Gasteiger partial charge in [0.2, 0.25) is 0 Å². The Labute approximate surface area is 238 Å². The molecule has 0 bridgehead atoms. The summed E-state index contributed by atoms with van der Waals surface area (Å²) in [5.41, 5.74) is 5.03. The lowest BCUT2D eigenvalue weighted by molar-refractivity contribution is -0.142. The maximum Gasteiger partial charge on any atom is 0.436 e. The molecule has 1 amide bonds. The highest BCUT2D eigenvalue weighted by Crippen LogP contribution is 2.36. The first-order valence-electron chi connectivity index (χ1n) is 12.1. The number of alkyl halides is 3. The number of carbonyl (C=O) groups excluding carboxylic acids is 2. The fourth-order valence-corrected chi connectivity index (χ4v) is 5.02. The quantitative estimate of drug-likeness (QED) is 0.211. The minimum absolute atomic E-state index is 0.0795. The number of carbonyl (C=O) groups is 2. The number of benzene rings is 2. The number of hydrogen-bond acceptors (Lipinski definition) is 4. The largest absolute Gasteiger partial charge is 0.436 e. The van der Waals surface area contributed by atoms with Gasteiger partial charge >= 0.3 is 6.18 Å². The molecular weight excluding hydrogens is 618 g/mol. The molecule has 0 radical (unpaired) electrons. The van der Waals surface area contributed by atoms with Crippen LogP contribution in [-0.2, 0) is 23.9 Å². The van der Waals surface area contributed by atoms with E-state index in [0.29, 0.717) is 17.2 Å². The number of pyridine rings is 1. The molecule has 2 aromatic heterocycles. The van der Waals surface area contributed by atoms with E-state index in [-0.39, 0.29) is 39.8 Å². The predicted molar refractivity (Wildman–Crippen MR) is 140 cm³/mol. The van der Waals surface area contributed by atoms with Crippen molar-refractivity contribution in [3.8, 4) is 11.1 Å². The lowest BCUT2D eigenvalue weighted by Gasteiger charge is -2.20. The van der Waals surface area contributed by atoms with Gasteiger partial charge in [0, 0.05) is 30.2 Å². The minimum Gasteiger partial charge on any atom is -0.366 e. The Morgan fingerprint density at radius 3 is 2.34 bits per heavy atom. The summed E-state index contributed by atoms with van der Waals surface area (Å²) >= 11 is 2.87. The van der Waals surface area contributed by atoms with E-state index in [4.69, 9.17) is 5.73 Å². The highest BCUT2D eigenvalue weighted by Gasteiger charge is 2.38. The fourth-order valence-electron chi connectivity index (χ4n) is 4.51. The molecule has 4 rings (SSSR count). The van der Waals surface area contributed by atoms with Gasteiger partial charge in [-0.1, -0.05) is 12.1 Å². The first-order chi connectivity index (χ1) is 19.2. The molecule has 0 saturated heterocycles. The molecule has 41 heavy (non-hydrogen) atoms. The van der Waals surface area contributed by atoms with Gasteiger partial charge in [-0.3, -0.25) is 19.3 Å². The molecular formula is C28H21BrF6N4O2. The average Bonchev–Trinajstić information content (AvgIpc) is 3.16. The van der Waals surface area contributed by atoms with E-state index >= 15 is 0 Å². The van der Waals surface area contributed by atoms with E-state index in [1.54, 1.807) is 12.1 Å². The Morgan fingerprint density at radius 2 is 1.73 bits per heavy atom. The number of aromatic nitrogens is 3. The highest BCUT2D eigenvalue weighted by atomic mass is 79.9. The van der Waals surface area contributed by atoms with Crippen LogP contribution in [-0.4, -0.2) is 26.5 Å². The number of nitrogens with zero attached hydrogens (tertiary/aromatic N) is 3. The van der Waals surface area contributed by atoms with Gasteiger partial charge in [-0.2, -0.15) is 18.3 Å². The summed E-state index contributed by atoms with van der Waals surface area (Å²) in [6.07, 6.45) is -3.71. The molecule has 214 valence electrons. The van der Waals surface area contributed by atoms with E-state index < -0.39 is 53.5 Å². The molecule has 2 N–H and O–H groups in total. The Balaban J connectivity index is 1.74. The molecule has 0 aliphatic heterocycles. The number of halogens is 7. The normalized spacial score (nSPS) is 12.4. The van der Waals surface area contributed by atoms with Crippen LogP contribution in [0.4, 0.5) is 26.3 Å². The molecule has 13 heteroatoms. The molecule has 2 heterocycles. The highest BCUT2D eigenvalue weighted by molar-refractivity contribution is 9.10. The molecule has 0 saturated carbocycles. The van der Waals surface area contributed by atoms with Crippen molar-refractivity contribution < 1.29 is 35.9 Å². The number of hydrogen-bond donors (Lipinski definition) is 1. The topological polar surface area (TPSA) is 90.9 Å². The lowest BCUT2D eigenvalue weighted by Crippen LogP contribution is -2.19. The fraction of sp³-hybridized carbons (Fsp3) is 0.214. The Kier molecular flexibility index (Phi) is 8.66. The van der Waals surface area contributed by atoms with Crippen molar-refractivity contribution in [2.24, 2.45) is 5.73 Å². The summed E-state index contributed by atoms with van der Waals surface area (Å²) in [6, 6.07) is 9.70. The molecule has 0 aliphatic carbocycles. The van der Waals surface area contributed by atoms with Crippen molar-refractivity contribution in [1.29, 1.82) is 0 Å². The number of Topliss-reactive ketones (excluding diaryl/α,β-unsaturated/α-hetero) is 1. The monoisotopic (exact) mass is 638 g/mol. The minimum atomic E-state index is -4.75. The van der Waals surface area contributed by atoms with E-state index in [1.807, 2.05) is 0 Å². The molecule has 0 fully saturated rings. The zero-order valence-electron chi connectivity index (χ0n) is 21.3. The zero-order chi connectivity index (χ0) is 30.1. The van der Waals surface area contributed by atoms with Gasteiger partial charge in [0.05, 0.1) is 28.0 Å². The van der Waals surface area contributed by atoms with Crippen LogP contribution in [0, 0.1) is 24.4 Å². The van der Waals surface area contributed by atoms with Crippen LogP contribution in [0.2, 0.25) is 0 Å². The third kappa shape index (κ3) is 6.84. The van der Waals surface area contributed by atoms with Gasteiger partial charge in [0.1, 0.15) is 17.5 Å². The average molecular weight is 639 g/mol. The van der Waals surface area contributed by atoms with Crippen LogP contribution in [0.15, 0.2) is 59.2 Å². The van der Waals surface area contributed by atoms with E-state index in [0.717, 1.165) is 22.9 Å². The smallest absolute Gasteiger partial charge is 0.366 e. The van der Waals surface area contributed by atoms with Gasteiger partial charge in [-0.05, 0) is 70.7 Å². The summed E-state index contributed by atoms with van der Waals surface area (Å²) in [5.74, 6) is -4.89. The van der Waals surface area contributed by atoms with Crippen molar-refractivity contribution in [2.45, 2.75) is 38.4 Å². The van der Waals surface area contributed by atoms with Gasteiger partial charge < -0.3 is 5.73 Å². The third-order valence-electron chi connectivity index (χ3n) is 6.37. The maximum atomic E-state index is 14.2. The standard InChI is InChI=1S/C28H21BrF6N4O2/c1-14-24(29)26(28(33,34)35)38-39(14)13-20(40)10-17(7-15-8-18(30)12-19(31)9-15)25-21(3-2-6-37-25)16-4-5-23(32)22(11-16)27(36)41/h2-6,8-9,11-12,17H,7,10,13H2,1H3,(H2,36,41)/t17-/m1/s1. The summed E-state index contributed by atoms with van der Waals surface area (Å²) < 4.78 is 82.7. The number of rotatable bonds is 9. The third-order valence-corrected chi connectivity index (χ3v) is 7.32. The summed E-state index contributed by atoms with van der Waals surface area (Å²) in [5, 5.41) is 3.54. The second kappa shape index (κ2) is 11.9. The Hall–Kier alpha value is -4.00. The lowest BCUT2D eigenvalue weighted by atomic mass is 9.86. The molecule has 6 nitrogen and oxygen atoms in total. The first kappa shape index (κ1) is 30.0. The second-order valence-corrected chi connectivity index (χ2v) is 10.1. The van der Waals surface area contributed by atoms with E-state index in [2.05, 4.69) is 26.0 Å². The molecule has 0 aliphatic rings. The molecule has 2 aromatic carbocycles. The zero-order valence-corrected chi connectivity index (χ0v) is 22.9. The van der Waals surface area contributed by atoms with Crippen LogP contribution in [0.25, 0.3) is 11.1 Å². The van der Waals surface area contributed by atoms with Crippen molar-refractivity contribution in [1.82, 2.24) is 14.8 Å². The van der Waals surface area contributed by atoms with Gasteiger partial charge in [0.15, 0.2) is 11.5 Å². The van der Waals surface area contributed by atoms with Gasteiger partial charge in [-0.15, -0.1) is 0 Å². The van der Waals surface area contributed by atoms with Crippen LogP contribution in [0.1, 0.15) is 45.3 Å². The number of amides is 1. The Morgan fingerprint density at radius 1 is 1.05 bits per heavy atom. The van der Waals surface area contributed by atoms with Crippen molar-refractivity contribution >= 4 is 27.6 Å². The van der Waals surface area contributed by atoms with Gasteiger partial charge in [0.25, 0.3) is 5.91 Å².